The summed E-state index contributed by atoms with van der Waals surface area (Å²) in [7, 11) is 1.67. The van der Waals surface area contributed by atoms with E-state index in [0.717, 1.165) is 23.7 Å². The molecular weight excluding hydrogens is 264 g/mol. The molecule has 0 bridgehead atoms. The van der Waals surface area contributed by atoms with Crippen LogP contribution in [0.1, 0.15) is 24.0 Å². The highest BCUT2D eigenvalue weighted by molar-refractivity contribution is 5.43. The Balaban J connectivity index is 1.76. The topological polar surface area (TPSA) is 27.7 Å². The Kier molecular flexibility index (Phi) is 4.00. The molecule has 0 radical (unpaired) electrons. The molecule has 0 saturated carbocycles. The third-order valence-electron chi connectivity index (χ3n) is 3.84. The lowest BCUT2D eigenvalue weighted by Gasteiger charge is -2.26. The molecule has 21 heavy (non-hydrogen) atoms. The Bertz CT molecular complexity index is 604. The second-order valence-corrected chi connectivity index (χ2v) is 5.19. The van der Waals surface area contributed by atoms with Crippen LogP contribution in [-0.4, -0.2) is 20.3 Å². The number of fused-ring (bicyclic) bond motifs is 1. The van der Waals surface area contributed by atoms with Gasteiger partial charge in [0.05, 0.1) is 20.3 Å². The third kappa shape index (κ3) is 2.97. The molecule has 0 amide bonds. The molecule has 0 aromatic heterocycles. The maximum atomic E-state index is 5.90. The monoisotopic (exact) mass is 284 g/mol. The molecule has 1 heterocycles. The van der Waals surface area contributed by atoms with Crippen LogP contribution in [0.2, 0.25) is 0 Å². The van der Waals surface area contributed by atoms with Crippen LogP contribution in [0.5, 0.6) is 17.2 Å². The van der Waals surface area contributed by atoms with Crippen LogP contribution in [0, 0.1) is 0 Å². The fraction of sp³-hybridized carbons (Fsp3) is 0.333. The van der Waals surface area contributed by atoms with Crippen molar-refractivity contribution in [2.24, 2.45) is 0 Å². The van der Waals surface area contributed by atoms with E-state index in [9.17, 15) is 0 Å². The molecule has 0 spiro atoms. The standard InChI is InChI=1S/C18H20O3/c1-3-20-16-7-4-13(5-8-16)15-10-14-6-9-17(19-2)11-18(14)21-12-15/h4-9,11,15H,3,10,12H2,1-2H3. The lowest BCUT2D eigenvalue weighted by atomic mass is 9.90. The van der Waals surface area contributed by atoms with E-state index >= 15 is 0 Å². The van der Waals surface area contributed by atoms with Gasteiger partial charge >= 0.3 is 0 Å². The fourth-order valence-electron chi connectivity index (χ4n) is 2.70. The summed E-state index contributed by atoms with van der Waals surface area (Å²) in [5, 5.41) is 0. The van der Waals surface area contributed by atoms with Crippen molar-refractivity contribution in [2.75, 3.05) is 20.3 Å². The molecular formula is C18H20O3. The van der Waals surface area contributed by atoms with Gasteiger partial charge in [0.15, 0.2) is 0 Å². The van der Waals surface area contributed by atoms with Crippen molar-refractivity contribution in [2.45, 2.75) is 19.3 Å². The van der Waals surface area contributed by atoms with Crippen molar-refractivity contribution in [3.8, 4) is 17.2 Å². The van der Waals surface area contributed by atoms with Gasteiger partial charge in [-0.25, -0.2) is 0 Å². The van der Waals surface area contributed by atoms with Gasteiger partial charge in [-0.2, -0.15) is 0 Å². The second kappa shape index (κ2) is 6.08. The molecule has 0 N–H and O–H groups in total. The summed E-state index contributed by atoms with van der Waals surface area (Å²) in [5.74, 6) is 3.09. The van der Waals surface area contributed by atoms with Gasteiger partial charge in [0, 0.05) is 12.0 Å². The van der Waals surface area contributed by atoms with Crippen LogP contribution in [0.3, 0.4) is 0 Å². The highest BCUT2D eigenvalue weighted by atomic mass is 16.5. The van der Waals surface area contributed by atoms with Gasteiger partial charge in [0.2, 0.25) is 0 Å². The van der Waals surface area contributed by atoms with E-state index in [0.29, 0.717) is 19.1 Å². The molecule has 3 rings (SSSR count). The molecule has 2 aromatic rings. The smallest absolute Gasteiger partial charge is 0.126 e. The van der Waals surface area contributed by atoms with Crippen LogP contribution in [0.15, 0.2) is 42.5 Å². The summed E-state index contributed by atoms with van der Waals surface area (Å²) in [5.41, 5.74) is 2.53. The van der Waals surface area contributed by atoms with E-state index in [4.69, 9.17) is 14.2 Å². The first-order valence-corrected chi connectivity index (χ1v) is 7.32. The average Bonchev–Trinajstić information content (AvgIpc) is 2.55. The maximum Gasteiger partial charge on any atom is 0.126 e. The lowest BCUT2D eigenvalue weighted by molar-refractivity contribution is 0.261. The highest BCUT2D eigenvalue weighted by Gasteiger charge is 2.21. The van der Waals surface area contributed by atoms with E-state index in [1.54, 1.807) is 7.11 Å². The normalized spacial score (nSPS) is 16.8. The lowest BCUT2D eigenvalue weighted by Crippen LogP contribution is -2.19. The van der Waals surface area contributed by atoms with Gasteiger partial charge in [-0.05, 0) is 42.7 Å². The van der Waals surface area contributed by atoms with Gasteiger partial charge in [-0.1, -0.05) is 18.2 Å². The summed E-state index contributed by atoms with van der Waals surface area (Å²) in [6.45, 7) is 3.39. The van der Waals surface area contributed by atoms with Crippen LogP contribution in [-0.2, 0) is 6.42 Å². The summed E-state index contributed by atoms with van der Waals surface area (Å²) in [6, 6.07) is 14.4. The molecule has 1 unspecified atom stereocenters. The van der Waals surface area contributed by atoms with E-state index in [2.05, 4.69) is 18.2 Å². The van der Waals surface area contributed by atoms with Crippen LogP contribution >= 0.6 is 0 Å². The van der Waals surface area contributed by atoms with Gasteiger partial charge in [-0.15, -0.1) is 0 Å². The minimum Gasteiger partial charge on any atom is -0.497 e. The maximum absolute atomic E-state index is 5.90. The van der Waals surface area contributed by atoms with Crippen molar-refractivity contribution in [3.63, 3.8) is 0 Å². The first-order chi connectivity index (χ1) is 10.3. The minimum absolute atomic E-state index is 0.390. The Morgan fingerprint density at radius 1 is 1.10 bits per heavy atom. The number of benzene rings is 2. The molecule has 0 aliphatic carbocycles. The highest BCUT2D eigenvalue weighted by Crippen LogP contribution is 2.35. The molecule has 110 valence electrons. The number of rotatable bonds is 4. The van der Waals surface area contributed by atoms with Gasteiger partial charge in [0.25, 0.3) is 0 Å². The molecule has 3 nitrogen and oxygen atoms in total. The quantitative estimate of drug-likeness (QED) is 0.854. The van der Waals surface area contributed by atoms with Crippen molar-refractivity contribution in [3.05, 3.63) is 53.6 Å². The predicted octanol–water partition coefficient (Wildman–Crippen LogP) is 3.81. The first kappa shape index (κ1) is 13.8. The summed E-state index contributed by atoms with van der Waals surface area (Å²) in [4.78, 5) is 0. The number of methoxy groups -OCH3 is 1. The summed E-state index contributed by atoms with van der Waals surface area (Å²) in [6.07, 6.45) is 0.993. The number of ether oxygens (including phenoxy) is 3. The van der Waals surface area contributed by atoms with Crippen LogP contribution in [0.4, 0.5) is 0 Å². The van der Waals surface area contributed by atoms with Gasteiger partial charge in [-0.3, -0.25) is 0 Å². The van der Waals surface area contributed by atoms with E-state index in [-0.39, 0.29) is 0 Å². The molecule has 0 saturated heterocycles. The van der Waals surface area contributed by atoms with E-state index in [1.807, 2.05) is 31.2 Å². The Hall–Kier alpha value is -2.16. The number of hydrogen-bond acceptors (Lipinski definition) is 3. The Morgan fingerprint density at radius 2 is 1.86 bits per heavy atom. The molecule has 1 aliphatic heterocycles. The summed E-state index contributed by atoms with van der Waals surface area (Å²) < 4.78 is 16.6. The van der Waals surface area contributed by atoms with Crippen molar-refractivity contribution in [1.29, 1.82) is 0 Å². The Morgan fingerprint density at radius 3 is 2.57 bits per heavy atom. The van der Waals surface area contributed by atoms with Crippen molar-refractivity contribution >= 4 is 0 Å². The van der Waals surface area contributed by atoms with Crippen molar-refractivity contribution < 1.29 is 14.2 Å². The second-order valence-electron chi connectivity index (χ2n) is 5.19. The zero-order valence-electron chi connectivity index (χ0n) is 12.5. The summed E-state index contributed by atoms with van der Waals surface area (Å²) >= 11 is 0. The molecule has 3 heteroatoms. The van der Waals surface area contributed by atoms with Crippen LogP contribution in [0.25, 0.3) is 0 Å². The molecule has 1 atom stereocenters. The largest absolute Gasteiger partial charge is 0.497 e. The fourth-order valence-corrected chi connectivity index (χ4v) is 2.70. The number of hydrogen-bond donors (Lipinski definition) is 0. The van der Waals surface area contributed by atoms with Gasteiger partial charge in [0.1, 0.15) is 17.2 Å². The molecule has 1 aliphatic rings. The molecule has 2 aromatic carbocycles. The zero-order chi connectivity index (χ0) is 14.7. The average molecular weight is 284 g/mol. The van der Waals surface area contributed by atoms with E-state index in [1.165, 1.54) is 11.1 Å². The molecule has 0 fully saturated rings. The Labute approximate surface area is 125 Å². The van der Waals surface area contributed by atoms with E-state index < -0.39 is 0 Å². The zero-order valence-corrected chi connectivity index (χ0v) is 12.5. The minimum atomic E-state index is 0.390. The predicted molar refractivity (Wildman–Crippen MR) is 82.5 cm³/mol. The van der Waals surface area contributed by atoms with Gasteiger partial charge < -0.3 is 14.2 Å². The SMILES string of the molecule is CCOc1ccc(C2COc3cc(OC)ccc3C2)cc1. The first-order valence-electron chi connectivity index (χ1n) is 7.32. The van der Waals surface area contributed by atoms with Crippen LogP contribution < -0.4 is 14.2 Å². The van der Waals surface area contributed by atoms with Crippen molar-refractivity contribution in [1.82, 2.24) is 0 Å². The third-order valence-corrected chi connectivity index (χ3v) is 3.84.